The number of aromatic nitrogens is 1. The first-order chi connectivity index (χ1) is 11.8. The van der Waals surface area contributed by atoms with Crippen LogP contribution in [0.2, 0.25) is 0 Å². The number of carbonyl (C=O) groups is 1. The number of hydrogen-bond donors (Lipinski definition) is 1. The predicted octanol–water partition coefficient (Wildman–Crippen LogP) is 3.30. The largest absolute Gasteiger partial charge is 0.476 e. The Balaban J connectivity index is 2.04. The number of nitrogens with one attached hydrogen (secondary N) is 1. The van der Waals surface area contributed by atoms with Gasteiger partial charge in [0.05, 0.1) is 19.3 Å². The second kappa shape index (κ2) is 8.16. The van der Waals surface area contributed by atoms with Gasteiger partial charge >= 0.3 is 5.97 Å². The third kappa shape index (κ3) is 5.06. The summed E-state index contributed by atoms with van der Waals surface area (Å²) < 4.78 is 16.3. The van der Waals surface area contributed by atoms with E-state index < -0.39 is 5.60 Å². The van der Waals surface area contributed by atoms with Crippen molar-refractivity contribution in [2.75, 3.05) is 6.61 Å². The number of oxazole rings is 1. The monoisotopic (exact) mass is 346 g/mol. The Bertz CT molecular complexity index is 685. The van der Waals surface area contributed by atoms with E-state index in [1.165, 1.54) is 0 Å². The van der Waals surface area contributed by atoms with Gasteiger partial charge in [-0.25, -0.2) is 9.78 Å². The summed E-state index contributed by atoms with van der Waals surface area (Å²) >= 11 is 0. The van der Waals surface area contributed by atoms with Crippen LogP contribution in [0.25, 0.3) is 0 Å². The molecule has 25 heavy (non-hydrogen) atoms. The average molecular weight is 346 g/mol. The first-order valence-electron chi connectivity index (χ1n) is 8.39. The molecule has 0 atom stereocenters. The molecule has 0 aliphatic rings. The first kappa shape index (κ1) is 19.0. The summed E-state index contributed by atoms with van der Waals surface area (Å²) in [6.45, 7) is 10.8. The Labute approximate surface area is 148 Å². The first-order valence-corrected chi connectivity index (χ1v) is 8.39. The van der Waals surface area contributed by atoms with Crippen molar-refractivity contribution >= 4 is 5.97 Å². The van der Waals surface area contributed by atoms with Crippen molar-refractivity contribution in [1.29, 1.82) is 0 Å². The SMILES string of the molecule is CCOC(=O)C(C)(C)Oc1c(C)cc(CNCc2ncco2)cc1C. The predicted molar refractivity (Wildman–Crippen MR) is 94.3 cm³/mol. The van der Waals surface area contributed by atoms with E-state index >= 15 is 0 Å². The molecule has 0 saturated carbocycles. The average Bonchev–Trinajstić information content (AvgIpc) is 3.04. The molecule has 2 rings (SSSR count). The highest BCUT2D eigenvalue weighted by atomic mass is 16.6. The number of nitrogens with zero attached hydrogens (tertiary/aromatic N) is 1. The van der Waals surface area contributed by atoms with Crippen LogP contribution in [0.3, 0.4) is 0 Å². The van der Waals surface area contributed by atoms with Gasteiger partial charge in [0, 0.05) is 6.54 Å². The molecule has 0 aliphatic heterocycles. The quantitative estimate of drug-likeness (QED) is 0.739. The lowest BCUT2D eigenvalue weighted by Gasteiger charge is -2.26. The molecule has 1 N–H and O–H groups in total. The van der Waals surface area contributed by atoms with E-state index in [1.54, 1.807) is 33.2 Å². The van der Waals surface area contributed by atoms with Gasteiger partial charge in [0.2, 0.25) is 5.89 Å². The minimum absolute atomic E-state index is 0.332. The van der Waals surface area contributed by atoms with Crippen molar-refractivity contribution < 1.29 is 18.7 Å². The summed E-state index contributed by atoms with van der Waals surface area (Å²) in [5, 5.41) is 3.29. The molecular weight excluding hydrogens is 320 g/mol. The Kier molecular flexibility index (Phi) is 6.20. The molecule has 0 saturated heterocycles. The normalized spacial score (nSPS) is 11.4. The number of aryl methyl sites for hydroxylation is 2. The smallest absolute Gasteiger partial charge is 0.349 e. The number of benzene rings is 1. The second-order valence-electron chi connectivity index (χ2n) is 6.42. The summed E-state index contributed by atoms with van der Waals surface area (Å²) in [5.41, 5.74) is 2.05. The maximum absolute atomic E-state index is 12.0. The van der Waals surface area contributed by atoms with Gasteiger partial charge in [-0.05, 0) is 51.3 Å². The summed E-state index contributed by atoms with van der Waals surface area (Å²) in [4.78, 5) is 16.1. The van der Waals surface area contributed by atoms with Crippen LogP contribution in [0.1, 0.15) is 43.4 Å². The molecule has 6 nitrogen and oxygen atoms in total. The van der Waals surface area contributed by atoms with Crippen LogP contribution in [-0.2, 0) is 22.6 Å². The molecule has 2 aromatic rings. The van der Waals surface area contributed by atoms with Gasteiger partial charge in [0.25, 0.3) is 0 Å². The van der Waals surface area contributed by atoms with E-state index in [-0.39, 0.29) is 5.97 Å². The Morgan fingerprint density at radius 3 is 2.48 bits per heavy atom. The fraction of sp³-hybridized carbons (Fsp3) is 0.474. The minimum atomic E-state index is -1.03. The zero-order valence-corrected chi connectivity index (χ0v) is 15.5. The van der Waals surface area contributed by atoms with Gasteiger partial charge in [0.15, 0.2) is 5.60 Å². The van der Waals surface area contributed by atoms with Crippen molar-refractivity contribution in [3.63, 3.8) is 0 Å². The fourth-order valence-corrected chi connectivity index (χ4v) is 2.56. The zero-order chi connectivity index (χ0) is 18.4. The fourth-order valence-electron chi connectivity index (χ4n) is 2.56. The number of esters is 1. The molecule has 6 heteroatoms. The van der Waals surface area contributed by atoms with Gasteiger partial charge in [-0.2, -0.15) is 0 Å². The summed E-state index contributed by atoms with van der Waals surface area (Å²) in [6, 6.07) is 4.10. The van der Waals surface area contributed by atoms with Crippen molar-refractivity contribution in [1.82, 2.24) is 10.3 Å². The van der Waals surface area contributed by atoms with Gasteiger partial charge in [-0.15, -0.1) is 0 Å². The topological polar surface area (TPSA) is 73.6 Å². The van der Waals surface area contributed by atoms with Crippen molar-refractivity contribution in [2.45, 2.75) is 53.3 Å². The lowest BCUT2D eigenvalue weighted by atomic mass is 10.0. The van der Waals surface area contributed by atoms with Crippen LogP contribution >= 0.6 is 0 Å². The van der Waals surface area contributed by atoms with Crippen molar-refractivity contribution in [3.05, 3.63) is 47.2 Å². The number of hydrogen-bond acceptors (Lipinski definition) is 6. The Hall–Kier alpha value is -2.34. The summed E-state index contributed by atoms with van der Waals surface area (Å²) in [7, 11) is 0. The van der Waals surface area contributed by atoms with Gasteiger partial charge in [-0.1, -0.05) is 12.1 Å². The Morgan fingerprint density at radius 2 is 1.92 bits per heavy atom. The maximum atomic E-state index is 12.0. The standard InChI is InChI=1S/C19H26N2O4/c1-6-23-18(22)19(4,5)25-17-13(2)9-15(10-14(17)3)11-20-12-16-21-7-8-24-16/h7-10,20H,6,11-12H2,1-5H3. The highest BCUT2D eigenvalue weighted by molar-refractivity contribution is 5.79. The van der Waals surface area contributed by atoms with E-state index in [1.807, 2.05) is 26.0 Å². The van der Waals surface area contributed by atoms with Crippen LogP contribution in [0, 0.1) is 13.8 Å². The number of ether oxygens (including phenoxy) is 2. The molecule has 0 aliphatic carbocycles. The van der Waals surface area contributed by atoms with Gasteiger partial charge < -0.3 is 19.2 Å². The van der Waals surface area contributed by atoms with Crippen LogP contribution in [0.15, 0.2) is 29.0 Å². The molecule has 1 aromatic carbocycles. The van der Waals surface area contributed by atoms with Crippen molar-refractivity contribution in [3.8, 4) is 5.75 Å². The minimum Gasteiger partial charge on any atom is -0.476 e. The zero-order valence-electron chi connectivity index (χ0n) is 15.5. The molecular formula is C19H26N2O4. The second-order valence-corrected chi connectivity index (χ2v) is 6.42. The highest BCUT2D eigenvalue weighted by Gasteiger charge is 2.32. The third-order valence-corrected chi connectivity index (χ3v) is 3.73. The maximum Gasteiger partial charge on any atom is 0.349 e. The lowest BCUT2D eigenvalue weighted by Crippen LogP contribution is -2.40. The van der Waals surface area contributed by atoms with Gasteiger partial charge in [0.1, 0.15) is 12.0 Å². The molecule has 0 radical (unpaired) electrons. The van der Waals surface area contributed by atoms with Crippen LogP contribution in [-0.4, -0.2) is 23.2 Å². The molecule has 0 unspecified atom stereocenters. The molecule has 0 bridgehead atoms. The lowest BCUT2D eigenvalue weighted by molar-refractivity contribution is -0.158. The van der Waals surface area contributed by atoms with Crippen LogP contribution in [0.5, 0.6) is 5.75 Å². The number of carbonyl (C=O) groups excluding carboxylic acids is 1. The van der Waals surface area contributed by atoms with Gasteiger partial charge in [-0.3, -0.25) is 0 Å². The van der Waals surface area contributed by atoms with E-state index in [0.29, 0.717) is 25.6 Å². The van der Waals surface area contributed by atoms with Crippen LogP contribution in [0.4, 0.5) is 0 Å². The summed E-state index contributed by atoms with van der Waals surface area (Å²) in [6.07, 6.45) is 3.19. The summed E-state index contributed by atoms with van der Waals surface area (Å²) in [5.74, 6) is 1.00. The van der Waals surface area contributed by atoms with E-state index in [0.717, 1.165) is 22.4 Å². The third-order valence-electron chi connectivity index (χ3n) is 3.73. The van der Waals surface area contributed by atoms with E-state index in [2.05, 4.69) is 10.3 Å². The molecule has 0 spiro atoms. The Morgan fingerprint density at radius 1 is 1.24 bits per heavy atom. The highest BCUT2D eigenvalue weighted by Crippen LogP contribution is 2.29. The number of rotatable bonds is 8. The van der Waals surface area contributed by atoms with E-state index in [9.17, 15) is 4.79 Å². The molecule has 1 aromatic heterocycles. The van der Waals surface area contributed by atoms with Crippen LogP contribution < -0.4 is 10.1 Å². The molecule has 136 valence electrons. The van der Waals surface area contributed by atoms with Crippen molar-refractivity contribution in [2.24, 2.45) is 0 Å². The molecule has 1 heterocycles. The molecule has 0 fully saturated rings. The molecule has 0 amide bonds. The van der Waals surface area contributed by atoms with E-state index in [4.69, 9.17) is 13.9 Å².